The van der Waals surface area contributed by atoms with E-state index in [1.807, 2.05) is 11.3 Å². The van der Waals surface area contributed by atoms with E-state index in [1.165, 1.54) is 91.6 Å². The van der Waals surface area contributed by atoms with Crippen molar-refractivity contribution in [1.82, 2.24) is 0 Å². The molecule has 56 heavy (non-hydrogen) atoms. The maximum atomic E-state index is 2.48. The van der Waals surface area contributed by atoms with Crippen LogP contribution in [-0.2, 0) is 0 Å². The maximum Gasteiger partial charge on any atom is 0.0554 e. The summed E-state index contributed by atoms with van der Waals surface area (Å²) in [4.78, 5) is 2.48. The van der Waals surface area contributed by atoms with E-state index in [2.05, 4.69) is 217 Å². The lowest BCUT2D eigenvalue weighted by molar-refractivity contribution is 1.31. The van der Waals surface area contributed by atoms with E-state index in [4.69, 9.17) is 0 Å². The number of anilines is 3. The van der Waals surface area contributed by atoms with Crippen molar-refractivity contribution in [2.75, 3.05) is 4.90 Å². The molecule has 0 saturated carbocycles. The van der Waals surface area contributed by atoms with E-state index in [-0.39, 0.29) is 0 Å². The van der Waals surface area contributed by atoms with E-state index in [0.29, 0.717) is 0 Å². The number of rotatable bonds is 6. The van der Waals surface area contributed by atoms with E-state index < -0.39 is 0 Å². The van der Waals surface area contributed by atoms with Crippen molar-refractivity contribution in [1.29, 1.82) is 0 Å². The maximum absolute atomic E-state index is 2.48. The molecule has 10 aromatic carbocycles. The molecule has 11 rings (SSSR count). The Kier molecular flexibility index (Phi) is 7.75. The van der Waals surface area contributed by atoms with Crippen LogP contribution in [0.2, 0.25) is 0 Å². The number of thiophene rings is 1. The van der Waals surface area contributed by atoms with Crippen molar-refractivity contribution in [3.63, 3.8) is 0 Å². The van der Waals surface area contributed by atoms with Gasteiger partial charge in [-0.05, 0) is 114 Å². The van der Waals surface area contributed by atoms with Gasteiger partial charge in [0.2, 0.25) is 0 Å². The predicted molar refractivity (Wildman–Crippen MR) is 243 cm³/mol. The summed E-state index contributed by atoms with van der Waals surface area (Å²) in [5.74, 6) is 0. The van der Waals surface area contributed by atoms with Crippen molar-refractivity contribution in [2.24, 2.45) is 0 Å². The SMILES string of the molecule is c1ccc(-c2c(-c3ccccc3)c3cc(N(c4cccc(-c5ccc6ccccc6c5)c4)c4cccc5sc6ccccc6c45)ccc3c3ccccc23)cc1. The molecule has 0 spiro atoms. The molecule has 0 radical (unpaired) electrons. The monoisotopic (exact) mass is 729 g/mol. The summed E-state index contributed by atoms with van der Waals surface area (Å²) in [6, 6.07) is 77.9. The van der Waals surface area contributed by atoms with E-state index in [1.54, 1.807) is 0 Å². The molecule has 0 bridgehead atoms. The second kappa shape index (κ2) is 13.4. The van der Waals surface area contributed by atoms with Gasteiger partial charge in [0.25, 0.3) is 0 Å². The lowest BCUT2D eigenvalue weighted by Gasteiger charge is -2.28. The molecule has 0 saturated heterocycles. The van der Waals surface area contributed by atoms with Crippen LogP contribution in [0.1, 0.15) is 0 Å². The first-order valence-corrected chi connectivity index (χ1v) is 20.0. The number of benzene rings is 10. The fraction of sp³-hybridized carbons (Fsp3) is 0. The molecule has 0 amide bonds. The second-order valence-electron chi connectivity index (χ2n) is 14.5. The zero-order valence-corrected chi connectivity index (χ0v) is 31.4. The molecule has 2 heteroatoms. The van der Waals surface area contributed by atoms with Crippen LogP contribution in [0.15, 0.2) is 212 Å². The Morgan fingerprint density at radius 3 is 1.68 bits per heavy atom. The number of fused-ring (bicyclic) bond motifs is 7. The standard InChI is InChI=1S/C54H35NS/c1-3-16-37(17-4-1)52-46-24-10-9-23-44(46)45-32-31-43(35-48(45)53(52)38-18-5-2-6-19-38)55(49-26-14-28-51-54(49)47-25-11-12-27-50(47)56-51)42-22-13-21-40(34-42)41-30-29-36-15-7-8-20-39(36)33-41/h1-35H. The van der Waals surface area contributed by atoms with Crippen LogP contribution >= 0.6 is 11.3 Å². The molecule has 0 fully saturated rings. The zero-order valence-electron chi connectivity index (χ0n) is 30.6. The molecule has 0 aliphatic carbocycles. The highest BCUT2D eigenvalue weighted by atomic mass is 32.1. The molecule has 11 aromatic rings. The molecule has 0 unspecified atom stereocenters. The van der Waals surface area contributed by atoms with Crippen LogP contribution in [0, 0.1) is 0 Å². The molecule has 262 valence electrons. The van der Waals surface area contributed by atoms with Crippen LogP contribution in [0.4, 0.5) is 17.1 Å². The van der Waals surface area contributed by atoms with Gasteiger partial charge in [0.05, 0.1) is 5.69 Å². The Bertz CT molecular complexity index is 3250. The first-order chi connectivity index (χ1) is 27.8. The summed E-state index contributed by atoms with van der Waals surface area (Å²) < 4.78 is 2.58. The second-order valence-corrected chi connectivity index (χ2v) is 15.5. The third-order valence-electron chi connectivity index (χ3n) is 11.2. The van der Waals surface area contributed by atoms with Crippen LogP contribution in [0.25, 0.3) is 85.9 Å². The van der Waals surface area contributed by atoms with Crippen LogP contribution in [0.3, 0.4) is 0 Å². The fourth-order valence-electron chi connectivity index (χ4n) is 8.69. The van der Waals surface area contributed by atoms with E-state index in [0.717, 1.165) is 11.4 Å². The van der Waals surface area contributed by atoms with Crippen molar-refractivity contribution < 1.29 is 0 Å². The fourth-order valence-corrected chi connectivity index (χ4v) is 9.82. The van der Waals surface area contributed by atoms with Gasteiger partial charge in [0.1, 0.15) is 0 Å². The average molecular weight is 730 g/mol. The normalized spacial score (nSPS) is 11.6. The van der Waals surface area contributed by atoms with Crippen LogP contribution in [-0.4, -0.2) is 0 Å². The average Bonchev–Trinajstić information content (AvgIpc) is 3.66. The Balaban J connectivity index is 1.22. The quantitative estimate of drug-likeness (QED) is 0.154. The highest BCUT2D eigenvalue weighted by molar-refractivity contribution is 7.26. The molecule has 0 aliphatic rings. The van der Waals surface area contributed by atoms with Crippen molar-refractivity contribution in [3.8, 4) is 33.4 Å². The summed E-state index contributed by atoms with van der Waals surface area (Å²) in [7, 11) is 0. The first-order valence-electron chi connectivity index (χ1n) is 19.2. The Labute approximate surface area is 330 Å². The smallest absolute Gasteiger partial charge is 0.0554 e. The molecule has 0 aliphatic heterocycles. The molecule has 0 atom stereocenters. The van der Waals surface area contributed by atoms with Crippen molar-refractivity contribution in [2.45, 2.75) is 0 Å². The third-order valence-corrected chi connectivity index (χ3v) is 12.3. The van der Waals surface area contributed by atoms with E-state index >= 15 is 0 Å². The predicted octanol–water partition coefficient (Wildman–Crippen LogP) is 16.0. The number of hydrogen-bond acceptors (Lipinski definition) is 2. The third kappa shape index (κ3) is 5.38. The molecular formula is C54H35NS. The Hall–Kier alpha value is -7.00. The van der Waals surface area contributed by atoms with Gasteiger partial charge in [0, 0.05) is 31.5 Å². The summed E-state index contributed by atoms with van der Waals surface area (Å²) in [6.45, 7) is 0. The molecule has 1 aromatic heterocycles. The Morgan fingerprint density at radius 2 is 0.875 bits per heavy atom. The summed E-state index contributed by atoms with van der Waals surface area (Å²) in [6.07, 6.45) is 0. The van der Waals surface area contributed by atoms with Crippen LogP contribution < -0.4 is 4.90 Å². The van der Waals surface area contributed by atoms with Crippen molar-refractivity contribution in [3.05, 3.63) is 212 Å². The van der Waals surface area contributed by atoms with Gasteiger partial charge < -0.3 is 4.90 Å². The van der Waals surface area contributed by atoms with E-state index in [9.17, 15) is 0 Å². The minimum Gasteiger partial charge on any atom is -0.310 e. The zero-order chi connectivity index (χ0) is 37.0. The number of nitrogens with zero attached hydrogens (tertiary/aromatic N) is 1. The summed E-state index contributed by atoms with van der Waals surface area (Å²) in [5, 5.41) is 10.0. The summed E-state index contributed by atoms with van der Waals surface area (Å²) >= 11 is 1.86. The minimum atomic E-state index is 1.11. The molecule has 0 N–H and O–H groups in total. The van der Waals surface area contributed by atoms with Crippen LogP contribution in [0.5, 0.6) is 0 Å². The van der Waals surface area contributed by atoms with Gasteiger partial charge in [0.15, 0.2) is 0 Å². The minimum absolute atomic E-state index is 1.11. The number of hydrogen-bond donors (Lipinski definition) is 0. The topological polar surface area (TPSA) is 3.24 Å². The van der Waals surface area contributed by atoms with Gasteiger partial charge in [-0.2, -0.15) is 0 Å². The van der Waals surface area contributed by atoms with Gasteiger partial charge >= 0.3 is 0 Å². The molecular weight excluding hydrogens is 695 g/mol. The highest BCUT2D eigenvalue weighted by Crippen LogP contribution is 2.49. The van der Waals surface area contributed by atoms with Gasteiger partial charge in [-0.3, -0.25) is 0 Å². The lowest BCUT2D eigenvalue weighted by atomic mass is 9.85. The van der Waals surface area contributed by atoms with Gasteiger partial charge in [-0.25, -0.2) is 0 Å². The first kappa shape index (κ1) is 32.4. The molecule has 1 heterocycles. The Morgan fingerprint density at radius 1 is 0.304 bits per heavy atom. The van der Waals surface area contributed by atoms with Crippen molar-refractivity contribution >= 4 is 80.9 Å². The van der Waals surface area contributed by atoms with Gasteiger partial charge in [-0.1, -0.05) is 164 Å². The highest BCUT2D eigenvalue weighted by Gasteiger charge is 2.22. The summed E-state index contributed by atoms with van der Waals surface area (Å²) in [5.41, 5.74) is 10.7. The lowest BCUT2D eigenvalue weighted by Crippen LogP contribution is -2.10. The largest absolute Gasteiger partial charge is 0.310 e. The van der Waals surface area contributed by atoms with Gasteiger partial charge in [-0.15, -0.1) is 11.3 Å². The molecule has 1 nitrogen and oxygen atoms in total.